The predicted molar refractivity (Wildman–Crippen MR) is 385 cm³/mol. The number of nitrogens with one attached hydrogen (secondary N) is 2. The Morgan fingerprint density at radius 3 is 1.00 bits per heavy atom. The van der Waals surface area contributed by atoms with Crippen molar-refractivity contribution in [2.45, 2.75) is 99.5 Å². The first kappa shape index (κ1) is 78.3. The third-order valence-electron chi connectivity index (χ3n) is 10.7. The molecule has 2 amide bonds. The molecule has 20 heteroatoms. The third-order valence-corrected chi connectivity index (χ3v) is 17.8. The second kappa shape index (κ2) is 39.4. The zero-order valence-corrected chi connectivity index (χ0v) is 59.8. The second-order valence-corrected chi connectivity index (χ2v) is 40.0. The predicted octanol–water partition coefficient (Wildman–Crippen LogP) is 18.3. The molecule has 0 atom stereocenters. The fourth-order valence-corrected chi connectivity index (χ4v) is 12.6. The molecule has 8 aromatic carbocycles. The fraction of sp³-hybridized carbons (Fsp3) is 0.217. The smallest absolute Gasteiger partial charge is 0.0134 e. The SMILES string of the molecule is C.C#C[Si](C)(C)C.CC(C)(C)OC(=O)Nc1ccc(Br)cc1[N+](=O)[O-].CC(C)(C)OC(=O)Nc1ccc(C#C[Si](C)(C)C)cc1[N+](=O)[O-].[Cl][Pd][Cl].c1ccc(P(c2ccccc2)c2ccccc2)cc1.c1ccc(P(c2ccccc2)c2ccccc2)cc1. The van der Waals surface area contributed by atoms with Gasteiger partial charge in [-0.1, -0.05) is 251 Å². The molecule has 472 valence electrons. The maximum Gasteiger partial charge on any atom is -0.0134 e. The van der Waals surface area contributed by atoms with Crippen molar-refractivity contribution in [3.05, 3.63) is 249 Å². The summed E-state index contributed by atoms with van der Waals surface area (Å²) in [5.41, 5.74) is 4.88. The number of terminal acetylenes is 1. The molecule has 0 radical (unpaired) electrons. The minimum absolute atomic E-state index is 0. The van der Waals surface area contributed by atoms with E-state index in [-0.39, 0.29) is 46.1 Å². The maximum atomic E-state index is 11.8. The zero-order chi connectivity index (χ0) is 65.5. The molecule has 0 bridgehead atoms. The van der Waals surface area contributed by atoms with Gasteiger partial charge < -0.3 is 9.47 Å². The summed E-state index contributed by atoms with van der Waals surface area (Å²) < 4.78 is 10.7. The monoisotopic (exact) mass is 1460 g/mol. The van der Waals surface area contributed by atoms with E-state index < -0.39 is 65.2 Å². The van der Waals surface area contributed by atoms with Crippen LogP contribution in [0.1, 0.15) is 54.5 Å². The molecule has 12 nitrogen and oxygen atoms in total. The molecule has 0 aromatic heterocycles. The molecule has 0 fully saturated rings. The summed E-state index contributed by atoms with van der Waals surface area (Å²) in [6.07, 6.45) is 3.65. The summed E-state index contributed by atoms with van der Waals surface area (Å²) in [5.74, 6) is 2.96. The van der Waals surface area contributed by atoms with Crippen molar-refractivity contribution in [2.75, 3.05) is 10.6 Å². The van der Waals surface area contributed by atoms with Gasteiger partial charge in [-0.15, -0.1) is 17.5 Å². The van der Waals surface area contributed by atoms with E-state index >= 15 is 0 Å². The number of carbonyl (C=O) groups is 2. The number of anilines is 2. The van der Waals surface area contributed by atoms with Gasteiger partial charge in [0, 0.05) is 22.2 Å². The Hall–Kier alpha value is -6.76. The summed E-state index contributed by atoms with van der Waals surface area (Å²) in [6, 6.07) is 73.5. The summed E-state index contributed by atoms with van der Waals surface area (Å²) in [4.78, 5) is 44.2. The van der Waals surface area contributed by atoms with Crippen LogP contribution in [0, 0.1) is 43.7 Å². The minimum atomic E-state index is -1.57. The number of nitrogens with zero attached hydrogens (tertiary/aromatic N) is 2. The number of ether oxygens (including phenoxy) is 2. The van der Waals surface area contributed by atoms with Gasteiger partial charge >= 0.3 is 47.2 Å². The number of rotatable bonds is 10. The number of halogens is 3. The Balaban J connectivity index is 0.000000386. The minimum Gasteiger partial charge on any atom is -0.0622 e. The van der Waals surface area contributed by atoms with Gasteiger partial charge in [-0.2, -0.15) is 0 Å². The average molecular weight is 1470 g/mol. The van der Waals surface area contributed by atoms with Crippen molar-refractivity contribution in [2.24, 2.45) is 0 Å². The molecule has 0 aliphatic heterocycles. The van der Waals surface area contributed by atoms with E-state index in [1.807, 2.05) is 0 Å². The van der Waals surface area contributed by atoms with Crippen LogP contribution in [0.25, 0.3) is 0 Å². The van der Waals surface area contributed by atoms with Crippen LogP contribution in [0.4, 0.5) is 32.3 Å². The molecule has 0 heterocycles. The van der Waals surface area contributed by atoms with Crippen molar-refractivity contribution in [3.8, 4) is 23.4 Å². The van der Waals surface area contributed by atoms with Crippen molar-refractivity contribution < 1.29 is 44.8 Å². The largest absolute Gasteiger partial charge is 0.0622 e. The number of nitro groups is 2. The van der Waals surface area contributed by atoms with Gasteiger partial charge in [0.15, 0.2) is 0 Å². The van der Waals surface area contributed by atoms with Crippen molar-refractivity contribution in [1.29, 1.82) is 0 Å². The van der Waals surface area contributed by atoms with Gasteiger partial charge in [0.05, 0.1) is 9.85 Å². The molecule has 0 aliphatic rings. The van der Waals surface area contributed by atoms with Gasteiger partial charge in [-0.05, 0) is 113 Å². The Kier molecular flexibility index (Phi) is 34.7. The van der Waals surface area contributed by atoms with Crippen molar-refractivity contribution in [3.63, 3.8) is 0 Å². The summed E-state index contributed by atoms with van der Waals surface area (Å²) in [5, 5.41) is 35.2. The standard InChI is InChI=1S/2C18H15P.C16H22N2O4Si.C11H13BrN2O4.C5H10Si.CH4.2ClH.Pd/c2*1-4-10-16(11-5-1)19(17-12-6-2-7-13-17)18-14-8-3-9-15-18;1-16(2,3)22-15(19)17-13-8-7-12(9-10-23(4,5)6)11-14(13)18(20)21;1-11(2,3)18-10(15)13-8-5-4-7(12)6-9(8)14(16)17;1-5-6(2,3)4;;;;/h2*1-15H;7-8,11H,1-6H3,(H,17,19);4-6H,1-3H3,(H,13,15);1H,2-4H3;1H4;2*1H;/q;;;;;;;;+2/p-2. The van der Waals surface area contributed by atoms with Crippen LogP contribution in [0.15, 0.2) is 223 Å². The van der Waals surface area contributed by atoms with Crippen LogP contribution in [-0.4, -0.2) is 49.4 Å². The van der Waals surface area contributed by atoms with Gasteiger partial charge in [-0.3, -0.25) is 30.9 Å². The summed E-state index contributed by atoms with van der Waals surface area (Å²) in [6.45, 7) is 23.0. The average Bonchev–Trinajstić information content (AvgIpc) is 1.44. The number of amides is 2. The van der Waals surface area contributed by atoms with E-state index in [0.717, 1.165) is 0 Å². The number of benzene rings is 8. The van der Waals surface area contributed by atoms with Crippen LogP contribution >= 0.6 is 50.8 Å². The van der Waals surface area contributed by atoms with Crippen LogP contribution in [0.5, 0.6) is 0 Å². The molecular weight excluding hydrogens is 1390 g/mol. The first-order chi connectivity index (χ1) is 41.4. The van der Waals surface area contributed by atoms with Crippen LogP contribution in [0.2, 0.25) is 39.3 Å². The number of nitro benzene ring substituents is 2. The normalized spacial score (nSPS) is 10.6. The fourth-order valence-electron chi connectivity index (χ4n) is 7.07. The second-order valence-electron chi connectivity index (χ2n) is 22.8. The van der Waals surface area contributed by atoms with Crippen molar-refractivity contribution in [1.82, 2.24) is 0 Å². The Bertz CT molecular complexity index is 3250. The Labute approximate surface area is 556 Å². The van der Waals surface area contributed by atoms with Crippen LogP contribution < -0.4 is 42.5 Å². The quantitative estimate of drug-likeness (QED) is 0.0449. The maximum absolute atomic E-state index is 11.8. The Morgan fingerprint density at radius 2 is 0.764 bits per heavy atom. The number of carbonyl (C=O) groups excluding carboxylic acids is 2. The molecule has 89 heavy (non-hydrogen) atoms. The molecule has 0 aliphatic carbocycles. The van der Waals surface area contributed by atoms with E-state index in [4.69, 9.17) is 35.0 Å². The Morgan fingerprint density at radius 1 is 0.506 bits per heavy atom. The van der Waals surface area contributed by atoms with Gasteiger partial charge in [-0.25, -0.2) is 9.59 Å². The van der Waals surface area contributed by atoms with Crippen LogP contribution in [-0.2, 0) is 25.4 Å². The van der Waals surface area contributed by atoms with Gasteiger partial charge in [0.25, 0.3) is 11.4 Å². The molecule has 8 rings (SSSR count). The van der Waals surface area contributed by atoms with Gasteiger partial charge in [0.2, 0.25) is 0 Å². The zero-order valence-electron chi connectivity index (χ0n) is 51.4. The topological polar surface area (TPSA) is 163 Å². The van der Waals surface area contributed by atoms with Crippen molar-refractivity contribution >= 4 is 134 Å². The number of hydrogen-bond acceptors (Lipinski definition) is 8. The molecule has 0 unspecified atom stereocenters. The molecule has 2 N–H and O–H groups in total. The van der Waals surface area contributed by atoms with Crippen LogP contribution in [0.3, 0.4) is 0 Å². The van der Waals surface area contributed by atoms with E-state index in [1.165, 1.54) is 56.1 Å². The van der Waals surface area contributed by atoms with E-state index in [2.05, 4.69) is 265 Å². The molecular formula is C69H79BrCl2N4O8P2PdSi2. The first-order valence-corrected chi connectivity index (χ1v) is 41.9. The summed E-state index contributed by atoms with van der Waals surface area (Å²) in [7, 11) is 6.06. The molecule has 0 saturated carbocycles. The van der Waals surface area contributed by atoms with E-state index in [1.54, 1.807) is 53.7 Å². The first-order valence-electron chi connectivity index (χ1n) is 27.4. The molecule has 8 aromatic rings. The molecule has 0 saturated heterocycles. The number of hydrogen-bond donors (Lipinski definition) is 2. The third kappa shape index (κ3) is 32.0. The van der Waals surface area contributed by atoms with Gasteiger partial charge in [0.1, 0.15) is 38.7 Å². The molecule has 0 spiro atoms. The van der Waals surface area contributed by atoms with E-state index in [0.29, 0.717) is 10.0 Å². The summed E-state index contributed by atoms with van der Waals surface area (Å²) >= 11 is 3.03. The van der Waals surface area contributed by atoms with E-state index in [9.17, 15) is 29.8 Å².